The summed E-state index contributed by atoms with van der Waals surface area (Å²) in [7, 11) is -3.07. The van der Waals surface area contributed by atoms with E-state index in [-0.39, 0.29) is 18.1 Å². The normalized spacial score (nSPS) is 11.9. The molecule has 0 atom stereocenters. The summed E-state index contributed by atoms with van der Waals surface area (Å²) in [5.41, 5.74) is 0. The minimum absolute atomic E-state index is 0.0530. The second kappa shape index (κ2) is 5.84. The maximum Gasteiger partial charge on any atom is 0.157 e. The Morgan fingerprint density at radius 2 is 2.20 bits per heavy atom. The van der Waals surface area contributed by atoms with Crippen LogP contribution in [0.1, 0.15) is 11.8 Å². The molecule has 0 aliphatic carbocycles. The molecule has 1 aromatic heterocycles. The molecular formula is C9H13ClO3S2. The van der Waals surface area contributed by atoms with Crippen molar-refractivity contribution >= 4 is 32.8 Å². The van der Waals surface area contributed by atoms with Crippen LogP contribution >= 0.6 is 22.9 Å². The van der Waals surface area contributed by atoms with Crippen LogP contribution in [-0.2, 0) is 20.3 Å². The van der Waals surface area contributed by atoms with E-state index < -0.39 is 9.84 Å². The van der Waals surface area contributed by atoms with Crippen LogP contribution in [0.2, 0.25) is 4.34 Å². The summed E-state index contributed by atoms with van der Waals surface area (Å²) in [4.78, 5) is 0.775. The number of sulfone groups is 1. The Labute approximate surface area is 98.9 Å². The van der Waals surface area contributed by atoms with Gasteiger partial charge in [-0.25, -0.2) is 8.42 Å². The van der Waals surface area contributed by atoms with E-state index in [1.807, 2.05) is 6.92 Å². The van der Waals surface area contributed by atoms with Crippen LogP contribution in [0.25, 0.3) is 0 Å². The molecule has 0 aliphatic heterocycles. The third-order valence-corrected chi connectivity index (χ3v) is 4.69. The molecule has 0 amide bonds. The molecule has 1 aromatic rings. The molecule has 0 aliphatic rings. The van der Waals surface area contributed by atoms with Gasteiger partial charge in [-0.15, -0.1) is 11.3 Å². The SMILES string of the molecule is CCOCCS(=O)(=O)Cc1ccc(Cl)s1. The van der Waals surface area contributed by atoms with Crippen molar-refractivity contribution in [2.75, 3.05) is 19.0 Å². The predicted octanol–water partition coefficient (Wildman–Crippen LogP) is 2.35. The Morgan fingerprint density at radius 3 is 2.73 bits per heavy atom. The highest BCUT2D eigenvalue weighted by Crippen LogP contribution is 2.23. The molecule has 0 saturated carbocycles. The van der Waals surface area contributed by atoms with E-state index in [0.29, 0.717) is 10.9 Å². The topological polar surface area (TPSA) is 43.4 Å². The molecule has 0 fully saturated rings. The zero-order chi connectivity index (χ0) is 11.3. The van der Waals surface area contributed by atoms with Gasteiger partial charge in [-0.05, 0) is 19.1 Å². The highest BCUT2D eigenvalue weighted by atomic mass is 35.5. The molecule has 0 spiro atoms. The summed E-state index contributed by atoms with van der Waals surface area (Å²) < 4.78 is 28.8. The van der Waals surface area contributed by atoms with Crippen LogP contribution < -0.4 is 0 Å². The number of hydrogen-bond donors (Lipinski definition) is 0. The molecule has 15 heavy (non-hydrogen) atoms. The Morgan fingerprint density at radius 1 is 1.47 bits per heavy atom. The van der Waals surface area contributed by atoms with Crippen LogP contribution in [-0.4, -0.2) is 27.4 Å². The molecule has 0 saturated heterocycles. The monoisotopic (exact) mass is 268 g/mol. The molecule has 0 aromatic carbocycles. The Kier molecular flexibility index (Phi) is 5.05. The zero-order valence-electron chi connectivity index (χ0n) is 8.40. The van der Waals surface area contributed by atoms with Crippen molar-refractivity contribution in [1.29, 1.82) is 0 Å². The van der Waals surface area contributed by atoms with Crippen LogP contribution in [0.5, 0.6) is 0 Å². The second-order valence-electron chi connectivity index (χ2n) is 2.99. The van der Waals surface area contributed by atoms with Gasteiger partial charge in [0.1, 0.15) is 0 Å². The van der Waals surface area contributed by atoms with E-state index in [4.69, 9.17) is 16.3 Å². The fourth-order valence-electron chi connectivity index (χ4n) is 1.05. The van der Waals surface area contributed by atoms with Crippen molar-refractivity contribution in [3.63, 3.8) is 0 Å². The van der Waals surface area contributed by atoms with Gasteiger partial charge in [0.15, 0.2) is 9.84 Å². The zero-order valence-corrected chi connectivity index (χ0v) is 10.8. The lowest BCUT2D eigenvalue weighted by atomic mass is 10.5. The van der Waals surface area contributed by atoms with Crippen molar-refractivity contribution in [1.82, 2.24) is 0 Å². The molecule has 3 nitrogen and oxygen atoms in total. The fraction of sp³-hybridized carbons (Fsp3) is 0.556. The van der Waals surface area contributed by atoms with E-state index in [1.54, 1.807) is 12.1 Å². The lowest BCUT2D eigenvalue weighted by Gasteiger charge is -2.02. The largest absolute Gasteiger partial charge is 0.381 e. The molecule has 0 radical (unpaired) electrons. The van der Waals surface area contributed by atoms with Crippen molar-refractivity contribution in [2.24, 2.45) is 0 Å². The third kappa shape index (κ3) is 4.97. The Hall–Kier alpha value is -0.100. The van der Waals surface area contributed by atoms with E-state index in [2.05, 4.69) is 0 Å². The minimum atomic E-state index is -3.07. The van der Waals surface area contributed by atoms with Gasteiger partial charge in [0.05, 0.1) is 22.4 Å². The first-order valence-electron chi connectivity index (χ1n) is 4.56. The van der Waals surface area contributed by atoms with Gasteiger partial charge in [-0.3, -0.25) is 0 Å². The van der Waals surface area contributed by atoms with Gasteiger partial charge in [-0.1, -0.05) is 11.6 Å². The fourth-order valence-corrected chi connectivity index (χ4v) is 3.75. The van der Waals surface area contributed by atoms with Crippen molar-refractivity contribution in [2.45, 2.75) is 12.7 Å². The minimum Gasteiger partial charge on any atom is -0.381 e. The molecule has 6 heteroatoms. The second-order valence-corrected chi connectivity index (χ2v) is 6.98. The maximum atomic E-state index is 11.6. The molecular weight excluding hydrogens is 256 g/mol. The molecule has 1 heterocycles. The average molecular weight is 269 g/mol. The summed E-state index contributed by atoms with van der Waals surface area (Å²) in [6, 6.07) is 3.45. The third-order valence-electron chi connectivity index (χ3n) is 1.73. The van der Waals surface area contributed by atoms with Crippen molar-refractivity contribution in [3.05, 3.63) is 21.3 Å². The number of rotatable bonds is 6. The lowest BCUT2D eigenvalue weighted by molar-refractivity contribution is 0.163. The van der Waals surface area contributed by atoms with Gasteiger partial charge in [0, 0.05) is 11.5 Å². The Balaban J connectivity index is 2.49. The molecule has 1 rings (SSSR count). The van der Waals surface area contributed by atoms with Crippen molar-refractivity contribution < 1.29 is 13.2 Å². The van der Waals surface area contributed by atoms with Crippen LogP contribution in [0, 0.1) is 0 Å². The first-order valence-corrected chi connectivity index (χ1v) is 7.57. The molecule has 0 N–H and O–H groups in total. The van der Waals surface area contributed by atoms with Crippen LogP contribution in [0.3, 0.4) is 0 Å². The number of ether oxygens (including phenoxy) is 1. The van der Waals surface area contributed by atoms with Gasteiger partial charge >= 0.3 is 0 Å². The van der Waals surface area contributed by atoms with Gasteiger partial charge in [0.2, 0.25) is 0 Å². The van der Waals surface area contributed by atoms with Crippen molar-refractivity contribution in [3.8, 4) is 0 Å². The first kappa shape index (κ1) is 13.0. The molecule has 0 unspecified atom stereocenters. The molecule has 0 bridgehead atoms. The van der Waals surface area contributed by atoms with Gasteiger partial charge in [-0.2, -0.15) is 0 Å². The Bertz CT molecular complexity index is 397. The predicted molar refractivity (Wildman–Crippen MR) is 63.3 cm³/mol. The summed E-state index contributed by atoms with van der Waals surface area (Å²) in [5.74, 6) is 0.119. The molecule has 86 valence electrons. The quantitative estimate of drug-likeness (QED) is 0.744. The number of thiophene rings is 1. The average Bonchev–Trinajstić information content (AvgIpc) is 2.50. The highest BCUT2D eigenvalue weighted by molar-refractivity contribution is 7.90. The van der Waals surface area contributed by atoms with E-state index in [0.717, 1.165) is 4.88 Å². The van der Waals surface area contributed by atoms with E-state index >= 15 is 0 Å². The lowest BCUT2D eigenvalue weighted by Crippen LogP contribution is -2.13. The number of halogens is 1. The van der Waals surface area contributed by atoms with Crippen LogP contribution in [0.4, 0.5) is 0 Å². The van der Waals surface area contributed by atoms with E-state index in [9.17, 15) is 8.42 Å². The van der Waals surface area contributed by atoms with E-state index in [1.165, 1.54) is 11.3 Å². The first-order chi connectivity index (χ1) is 7.03. The smallest absolute Gasteiger partial charge is 0.157 e. The van der Waals surface area contributed by atoms with Gasteiger partial charge < -0.3 is 4.74 Å². The van der Waals surface area contributed by atoms with Crippen LogP contribution in [0.15, 0.2) is 12.1 Å². The summed E-state index contributed by atoms with van der Waals surface area (Å²) in [6.07, 6.45) is 0. The highest BCUT2D eigenvalue weighted by Gasteiger charge is 2.13. The van der Waals surface area contributed by atoms with Gasteiger partial charge in [0.25, 0.3) is 0 Å². The summed E-state index contributed by atoms with van der Waals surface area (Å²) in [5, 5.41) is 0. The standard InChI is InChI=1S/C9H13ClO3S2/c1-2-13-5-6-15(11,12)7-8-3-4-9(10)14-8/h3-4H,2,5-7H2,1H3. The number of hydrogen-bond acceptors (Lipinski definition) is 4. The maximum absolute atomic E-state index is 11.6. The summed E-state index contributed by atoms with van der Waals surface area (Å²) in [6.45, 7) is 2.64. The summed E-state index contributed by atoms with van der Waals surface area (Å²) >= 11 is 7.01.